The highest BCUT2D eigenvalue weighted by molar-refractivity contribution is 7.89. The first-order chi connectivity index (χ1) is 9.33. The molecule has 10 nitrogen and oxygen atoms in total. The summed E-state index contributed by atoms with van der Waals surface area (Å²) < 4.78 is 28.1. The van der Waals surface area contributed by atoms with Gasteiger partial charge in [-0.2, -0.15) is 5.10 Å². The second kappa shape index (κ2) is 5.02. The zero-order valence-electron chi connectivity index (χ0n) is 10.7. The number of rotatable bonds is 4. The fourth-order valence-electron chi connectivity index (χ4n) is 1.52. The van der Waals surface area contributed by atoms with Gasteiger partial charge in [0.1, 0.15) is 12.2 Å². The first-order valence-electron chi connectivity index (χ1n) is 5.43. The topological polar surface area (TPSA) is 132 Å². The summed E-state index contributed by atoms with van der Waals surface area (Å²) in [5, 5.41) is 6.05. The van der Waals surface area contributed by atoms with Crippen molar-refractivity contribution in [2.75, 3.05) is 0 Å². The number of sulfonamides is 1. The van der Waals surface area contributed by atoms with Crippen LogP contribution in [-0.4, -0.2) is 32.7 Å². The maximum absolute atomic E-state index is 12.1. The smallest absolute Gasteiger partial charge is 0.302 e. The quantitative estimate of drug-likeness (QED) is 0.651. The van der Waals surface area contributed by atoms with E-state index < -0.39 is 26.2 Å². The molecule has 0 bridgehead atoms. The first-order valence-corrected chi connectivity index (χ1v) is 6.92. The summed E-state index contributed by atoms with van der Waals surface area (Å²) in [7, 11) is -1.49. The summed E-state index contributed by atoms with van der Waals surface area (Å²) in [6.45, 7) is -0.145. The van der Waals surface area contributed by atoms with Crippen molar-refractivity contribution in [2.45, 2.75) is 11.4 Å². The monoisotopic (exact) mass is 300 g/mol. The molecular formula is C9H12N6O4S. The van der Waals surface area contributed by atoms with Crippen LogP contribution in [0.1, 0.15) is 5.82 Å². The number of aromatic amines is 1. The highest BCUT2D eigenvalue weighted by Crippen LogP contribution is 2.00. The SMILES string of the molecule is Cn1cc(S(=O)(=O)NCc2ncn[nH]2)c(=O)n(C)c1=O. The van der Waals surface area contributed by atoms with Gasteiger partial charge in [-0.05, 0) is 0 Å². The Morgan fingerprint density at radius 1 is 1.35 bits per heavy atom. The Morgan fingerprint density at radius 3 is 2.65 bits per heavy atom. The van der Waals surface area contributed by atoms with Crippen molar-refractivity contribution in [3.05, 3.63) is 39.2 Å². The molecule has 2 aromatic rings. The van der Waals surface area contributed by atoms with Crippen LogP contribution in [0.4, 0.5) is 0 Å². The lowest BCUT2D eigenvalue weighted by Gasteiger charge is -2.08. The Bertz CT molecular complexity index is 832. The van der Waals surface area contributed by atoms with E-state index in [4.69, 9.17) is 0 Å². The van der Waals surface area contributed by atoms with Crippen molar-refractivity contribution in [1.29, 1.82) is 0 Å². The van der Waals surface area contributed by atoms with Gasteiger partial charge in [0.25, 0.3) is 5.56 Å². The largest absolute Gasteiger partial charge is 0.330 e. The second-order valence-corrected chi connectivity index (χ2v) is 5.74. The minimum atomic E-state index is -4.06. The molecule has 11 heteroatoms. The average Bonchev–Trinajstić information content (AvgIpc) is 2.91. The molecule has 108 valence electrons. The van der Waals surface area contributed by atoms with Gasteiger partial charge in [-0.1, -0.05) is 0 Å². The van der Waals surface area contributed by atoms with Crippen molar-refractivity contribution >= 4 is 10.0 Å². The van der Waals surface area contributed by atoms with E-state index in [-0.39, 0.29) is 6.54 Å². The molecule has 0 amide bonds. The second-order valence-electron chi connectivity index (χ2n) is 4.01. The zero-order chi connectivity index (χ0) is 14.9. The van der Waals surface area contributed by atoms with Crippen LogP contribution >= 0.6 is 0 Å². The van der Waals surface area contributed by atoms with Crippen LogP contribution in [0, 0.1) is 0 Å². The number of nitrogens with one attached hydrogen (secondary N) is 2. The predicted octanol–water partition coefficient (Wildman–Crippen LogP) is -2.32. The summed E-state index contributed by atoms with van der Waals surface area (Å²) in [6, 6.07) is 0. The van der Waals surface area contributed by atoms with Gasteiger partial charge in [-0.3, -0.25) is 14.5 Å². The molecule has 0 radical (unpaired) electrons. The van der Waals surface area contributed by atoms with Crippen LogP contribution in [-0.2, 0) is 30.7 Å². The minimum absolute atomic E-state index is 0.145. The number of aromatic nitrogens is 5. The van der Waals surface area contributed by atoms with Crippen LogP contribution in [0.15, 0.2) is 27.0 Å². The Balaban J connectivity index is 2.40. The van der Waals surface area contributed by atoms with E-state index in [9.17, 15) is 18.0 Å². The molecule has 0 aliphatic rings. The van der Waals surface area contributed by atoms with Gasteiger partial charge >= 0.3 is 5.69 Å². The van der Waals surface area contributed by atoms with Crippen molar-refractivity contribution in [1.82, 2.24) is 29.0 Å². The molecule has 0 aliphatic heterocycles. The maximum Gasteiger partial charge on any atom is 0.330 e. The van der Waals surface area contributed by atoms with E-state index in [0.29, 0.717) is 5.82 Å². The van der Waals surface area contributed by atoms with Gasteiger partial charge in [0.15, 0.2) is 4.90 Å². The van der Waals surface area contributed by atoms with E-state index in [1.807, 2.05) is 0 Å². The lowest BCUT2D eigenvalue weighted by atomic mass is 10.6. The molecule has 0 saturated heterocycles. The Morgan fingerprint density at radius 2 is 2.05 bits per heavy atom. The number of hydrogen-bond acceptors (Lipinski definition) is 6. The summed E-state index contributed by atoms with van der Waals surface area (Å²) in [5.41, 5.74) is -1.50. The zero-order valence-corrected chi connectivity index (χ0v) is 11.5. The van der Waals surface area contributed by atoms with Crippen molar-refractivity contribution in [2.24, 2.45) is 14.1 Å². The van der Waals surface area contributed by atoms with Crippen LogP contribution in [0.25, 0.3) is 0 Å². The summed E-state index contributed by atoms with van der Waals surface area (Å²) >= 11 is 0. The number of H-pyrrole nitrogens is 1. The van der Waals surface area contributed by atoms with Gasteiger partial charge < -0.3 is 4.57 Å². The van der Waals surface area contributed by atoms with Gasteiger partial charge in [-0.15, -0.1) is 0 Å². The van der Waals surface area contributed by atoms with E-state index in [1.165, 1.54) is 20.4 Å². The van der Waals surface area contributed by atoms with Crippen molar-refractivity contribution < 1.29 is 8.42 Å². The molecule has 0 spiro atoms. The van der Waals surface area contributed by atoms with E-state index >= 15 is 0 Å². The molecule has 0 aliphatic carbocycles. The molecule has 0 atom stereocenters. The lowest BCUT2D eigenvalue weighted by Crippen LogP contribution is -2.41. The molecule has 0 unspecified atom stereocenters. The molecule has 0 aromatic carbocycles. The van der Waals surface area contributed by atoms with Crippen LogP contribution in [0.2, 0.25) is 0 Å². The summed E-state index contributed by atoms with van der Waals surface area (Å²) in [5.74, 6) is 0.301. The van der Waals surface area contributed by atoms with Crippen molar-refractivity contribution in [3.63, 3.8) is 0 Å². The molecule has 20 heavy (non-hydrogen) atoms. The molecule has 0 saturated carbocycles. The Labute approximate surface area is 113 Å². The summed E-state index contributed by atoms with van der Waals surface area (Å²) in [4.78, 5) is 26.6. The van der Waals surface area contributed by atoms with Crippen LogP contribution < -0.4 is 16.0 Å². The van der Waals surface area contributed by atoms with Gasteiger partial charge in [0.2, 0.25) is 10.0 Å². The standard InChI is InChI=1S/C9H12N6O4S/c1-14-4-6(8(16)15(2)9(14)17)20(18,19)12-3-7-10-5-11-13-7/h4-5,12H,3H2,1-2H3,(H,10,11,13). The van der Waals surface area contributed by atoms with E-state index in [1.54, 1.807) is 0 Å². The Hall–Kier alpha value is -2.27. The molecule has 2 aromatic heterocycles. The highest BCUT2D eigenvalue weighted by Gasteiger charge is 2.21. The molecule has 0 fully saturated rings. The molecular weight excluding hydrogens is 288 g/mol. The average molecular weight is 300 g/mol. The Kier molecular flexibility index (Phi) is 3.55. The molecule has 2 heterocycles. The lowest BCUT2D eigenvalue weighted by molar-refractivity contribution is 0.569. The van der Waals surface area contributed by atoms with Crippen molar-refractivity contribution in [3.8, 4) is 0 Å². The summed E-state index contributed by atoms with van der Waals surface area (Å²) in [6.07, 6.45) is 2.21. The fraction of sp³-hybridized carbons (Fsp3) is 0.333. The maximum atomic E-state index is 12.1. The van der Waals surface area contributed by atoms with Gasteiger partial charge in [0.05, 0.1) is 6.54 Å². The van der Waals surface area contributed by atoms with Gasteiger partial charge in [0, 0.05) is 20.3 Å². The highest BCUT2D eigenvalue weighted by atomic mass is 32.2. The number of nitrogens with zero attached hydrogens (tertiary/aromatic N) is 4. The van der Waals surface area contributed by atoms with Gasteiger partial charge in [-0.25, -0.2) is 22.9 Å². The normalized spacial score (nSPS) is 11.7. The third-order valence-corrected chi connectivity index (χ3v) is 3.98. The predicted molar refractivity (Wildman–Crippen MR) is 67.3 cm³/mol. The van der Waals surface area contributed by atoms with E-state index in [0.717, 1.165) is 15.3 Å². The number of aryl methyl sites for hydroxylation is 1. The third kappa shape index (κ3) is 2.53. The van der Waals surface area contributed by atoms with Crippen LogP contribution in [0.5, 0.6) is 0 Å². The molecule has 2 N–H and O–H groups in total. The van der Waals surface area contributed by atoms with E-state index in [2.05, 4.69) is 19.9 Å². The van der Waals surface area contributed by atoms with Crippen LogP contribution in [0.3, 0.4) is 0 Å². The minimum Gasteiger partial charge on any atom is -0.302 e. The first kappa shape index (κ1) is 14.1. The third-order valence-electron chi connectivity index (χ3n) is 2.60. The fourth-order valence-corrected chi connectivity index (χ4v) is 2.66. The molecule has 2 rings (SSSR count). The number of hydrogen-bond donors (Lipinski definition) is 2.